The SMILES string of the molecule is O=C(Nc1ccccc1CO)C1CCC(C(F)(F)F)CC1. The third-order valence-corrected chi connectivity index (χ3v) is 4.01. The van der Waals surface area contributed by atoms with Crippen LogP contribution in [0, 0.1) is 11.8 Å². The van der Waals surface area contributed by atoms with Gasteiger partial charge in [-0.2, -0.15) is 13.2 Å². The van der Waals surface area contributed by atoms with Crippen molar-refractivity contribution in [2.45, 2.75) is 38.5 Å². The van der Waals surface area contributed by atoms with E-state index in [9.17, 15) is 23.1 Å². The first-order valence-corrected chi connectivity index (χ1v) is 6.98. The number of halogens is 3. The number of nitrogens with one attached hydrogen (secondary N) is 1. The van der Waals surface area contributed by atoms with Crippen LogP contribution in [-0.2, 0) is 11.4 Å². The molecule has 1 saturated carbocycles. The maximum absolute atomic E-state index is 12.6. The van der Waals surface area contributed by atoms with E-state index in [0.29, 0.717) is 11.3 Å². The van der Waals surface area contributed by atoms with Gasteiger partial charge in [0.1, 0.15) is 0 Å². The van der Waals surface area contributed by atoms with E-state index in [4.69, 9.17) is 0 Å². The summed E-state index contributed by atoms with van der Waals surface area (Å²) >= 11 is 0. The molecule has 0 bridgehead atoms. The Morgan fingerprint density at radius 1 is 1.19 bits per heavy atom. The second kappa shape index (κ2) is 6.47. The topological polar surface area (TPSA) is 49.3 Å². The molecular formula is C15H18F3NO2. The number of amides is 1. The molecule has 1 aromatic carbocycles. The van der Waals surface area contributed by atoms with Gasteiger partial charge < -0.3 is 10.4 Å². The maximum atomic E-state index is 12.6. The molecule has 3 nitrogen and oxygen atoms in total. The van der Waals surface area contributed by atoms with Gasteiger partial charge in [-0.15, -0.1) is 0 Å². The van der Waals surface area contributed by atoms with Gasteiger partial charge in [0.15, 0.2) is 0 Å². The van der Waals surface area contributed by atoms with Gasteiger partial charge in [-0.3, -0.25) is 4.79 Å². The molecule has 21 heavy (non-hydrogen) atoms. The smallest absolute Gasteiger partial charge is 0.391 e. The number of benzene rings is 1. The van der Waals surface area contributed by atoms with Gasteiger partial charge in [0, 0.05) is 17.2 Å². The van der Waals surface area contributed by atoms with Gasteiger partial charge in [-0.25, -0.2) is 0 Å². The number of aliphatic hydroxyl groups excluding tert-OH is 1. The molecule has 0 unspecified atom stereocenters. The first kappa shape index (κ1) is 15.8. The molecule has 1 aliphatic carbocycles. The lowest BCUT2D eigenvalue weighted by Crippen LogP contribution is -2.32. The lowest BCUT2D eigenvalue weighted by molar-refractivity contribution is -0.184. The zero-order chi connectivity index (χ0) is 15.5. The zero-order valence-electron chi connectivity index (χ0n) is 11.5. The van der Waals surface area contributed by atoms with Crippen LogP contribution in [0.5, 0.6) is 0 Å². The lowest BCUT2D eigenvalue weighted by Gasteiger charge is -2.29. The molecule has 0 heterocycles. The lowest BCUT2D eigenvalue weighted by atomic mass is 9.81. The quantitative estimate of drug-likeness (QED) is 0.898. The fourth-order valence-corrected chi connectivity index (χ4v) is 2.70. The van der Waals surface area contributed by atoms with E-state index in [1.807, 2.05) is 0 Å². The van der Waals surface area contributed by atoms with Gasteiger partial charge in [0.2, 0.25) is 5.91 Å². The number of carbonyl (C=O) groups excluding carboxylic acids is 1. The first-order chi connectivity index (χ1) is 9.91. The molecule has 0 aliphatic heterocycles. The number of para-hydroxylation sites is 1. The second-order valence-corrected chi connectivity index (χ2v) is 5.39. The van der Waals surface area contributed by atoms with Crippen molar-refractivity contribution in [1.82, 2.24) is 0 Å². The largest absolute Gasteiger partial charge is 0.392 e. The van der Waals surface area contributed by atoms with Crippen LogP contribution in [0.2, 0.25) is 0 Å². The van der Waals surface area contributed by atoms with Gasteiger partial charge in [0.25, 0.3) is 0 Å². The standard InChI is InChI=1S/C15H18F3NO2/c16-15(17,18)12-7-5-10(6-8-12)14(21)19-13-4-2-1-3-11(13)9-20/h1-4,10,12,20H,5-9H2,(H,19,21). The molecular weight excluding hydrogens is 283 g/mol. The summed E-state index contributed by atoms with van der Waals surface area (Å²) in [6, 6.07) is 6.84. The average molecular weight is 301 g/mol. The number of hydrogen-bond acceptors (Lipinski definition) is 2. The molecule has 1 fully saturated rings. The summed E-state index contributed by atoms with van der Waals surface area (Å²) in [5.41, 5.74) is 1.11. The summed E-state index contributed by atoms with van der Waals surface area (Å²) in [5, 5.41) is 11.9. The Bertz CT molecular complexity index is 494. The van der Waals surface area contributed by atoms with Gasteiger partial charge in [-0.05, 0) is 31.7 Å². The summed E-state index contributed by atoms with van der Waals surface area (Å²) in [7, 11) is 0. The summed E-state index contributed by atoms with van der Waals surface area (Å²) in [5.74, 6) is -1.95. The number of aliphatic hydroxyl groups is 1. The predicted molar refractivity (Wildman–Crippen MR) is 72.5 cm³/mol. The van der Waals surface area contributed by atoms with E-state index in [2.05, 4.69) is 5.32 Å². The van der Waals surface area contributed by atoms with E-state index >= 15 is 0 Å². The molecule has 6 heteroatoms. The highest BCUT2D eigenvalue weighted by Gasteiger charge is 2.42. The van der Waals surface area contributed by atoms with Crippen LogP contribution >= 0.6 is 0 Å². The molecule has 0 saturated heterocycles. The van der Waals surface area contributed by atoms with Crippen LogP contribution < -0.4 is 5.32 Å². The highest BCUT2D eigenvalue weighted by molar-refractivity contribution is 5.93. The average Bonchev–Trinajstić information content (AvgIpc) is 2.47. The third kappa shape index (κ3) is 3.97. The number of carbonyl (C=O) groups is 1. The molecule has 2 rings (SSSR count). The van der Waals surface area contributed by atoms with Crippen LogP contribution in [0.25, 0.3) is 0 Å². The maximum Gasteiger partial charge on any atom is 0.391 e. The molecule has 116 valence electrons. The molecule has 1 aromatic rings. The molecule has 1 amide bonds. The van der Waals surface area contributed by atoms with E-state index < -0.39 is 18.0 Å². The van der Waals surface area contributed by atoms with E-state index in [0.717, 1.165) is 0 Å². The molecule has 2 N–H and O–H groups in total. The van der Waals surface area contributed by atoms with E-state index in [1.54, 1.807) is 24.3 Å². The molecule has 0 aromatic heterocycles. The Kier molecular flexibility index (Phi) is 4.88. The Hall–Kier alpha value is -1.56. The molecule has 0 atom stereocenters. The van der Waals surface area contributed by atoms with Crippen molar-refractivity contribution in [2.75, 3.05) is 5.32 Å². The second-order valence-electron chi connectivity index (χ2n) is 5.39. The monoisotopic (exact) mass is 301 g/mol. The van der Waals surface area contributed by atoms with Gasteiger partial charge in [-0.1, -0.05) is 18.2 Å². The van der Waals surface area contributed by atoms with E-state index in [-0.39, 0.29) is 38.2 Å². The summed E-state index contributed by atoms with van der Waals surface area (Å²) in [6.45, 7) is -0.197. The Morgan fingerprint density at radius 2 is 1.81 bits per heavy atom. The van der Waals surface area contributed by atoms with Crippen LogP contribution in [0.15, 0.2) is 24.3 Å². The minimum absolute atomic E-state index is 0.00321. The summed E-state index contributed by atoms with van der Waals surface area (Å²) in [4.78, 5) is 12.1. The van der Waals surface area contributed by atoms with E-state index in [1.165, 1.54) is 0 Å². The van der Waals surface area contributed by atoms with Crippen molar-refractivity contribution < 1.29 is 23.1 Å². The first-order valence-electron chi connectivity index (χ1n) is 6.98. The molecule has 1 aliphatic rings. The van der Waals surface area contributed by atoms with Crippen LogP contribution in [0.1, 0.15) is 31.2 Å². The number of rotatable bonds is 3. The fraction of sp³-hybridized carbons (Fsp3) is 0.533. The Morgan fingerprint density at radius 3 is 2.38 bits per heavy atom. The highest BCUT2D eigenvalue weighted by Crippen LogP contribution is 2.39. The minimum Gasteiger partial charge on any atom is -0.392 e. The number of anilines is 1. The van der Waals surface area contributed by atoms with Crippen molar-refractivity contribution >= 4 is 11.6 Å². The minimum atomic E-state index is -4.16. The van der Waals surface area contributed by atoms with Gasteiger partial charge >= 0.3 is 6.18 Å². The number of hydrogen-bond donors (Lipinski definition) is 2. The molecule has 0 radical (unpaired) electrons. The highest BCUT2D eigenvalue weighted by atomic mass is 19.4. The molecule has 0 spiro atoms. The van der Waals surface area contributed by atoms with Crippen LogP contribution in [-0.4, -0.2) is 17.2 Å². The normalized spacial score (nSPS) is 22.9. The Balaban J connectivity index is 1.94. The van der Waals surface area contributed by atoms with Crippen molar-refractivity contribution in [3.05, 3.63) is 29.8 Å². The van der Waals surface area contributed by atoms with Gasteiger partial charge in [0.05, 0.1) is 12.5 Å². The summed E-state index contributed by atoms with van der Waals surface area (Å²) < 4.78 is 37.8. The van der Waals surface area contributed by atoms with Crippen LogP contribution in [0.3, 0.4) is 0 Å². The predicted octanol–water partition coefficient (Wildman–Crippen LogP) is 3.49. The van der Waals surface area contributed by atoms with Crippen molar-refractivity contribution in [3.8, 4) is 0 Å². The van der Waals surface area contributed by atoms with Crippen molar-refractivity contribution in [3.63, 3.8) is 0 Å². The van der Waals surface area contributed by atoms with Crippen LogP contribution in [0.4, 0.5) is 18.9 Å². The number of alkyl halides is 3. The zero-order valence-corrected chi connectivity index (χ0v) is 11.5. The van der Waals surface area contributed by atoms with Crippen molar-refractivity contribution in [1.29, 1.82) is 0 Å². The fourth-order valence-electron chi connectivity index (χ4n) is 2.70. The summed E-state index contributed by atoms with van der Waals surface area (Å²) in [6.07, 6.45) is -3.66. The van der Waals surface area contributed by atoms with Crippen molar-refractivity contribution in [2.24, 2.45) is 11.8 Å². The Labute approximate surface area is 121 Å². The third-order valence-electron chi connectivity index (χ3n) is 4.01.